The van der Waals surface area contributed by atoms with Gasteiger partial charge >= 0.3 is 0 Å². The average Bonchev–Trinajstić information content (AvgIpc) is 2.66. The Morgan fingerprint density at radius 3 is 2.14 bits per heavy atom. The van der Waals surface area contributed by atoms with E-state index in [2.05, 4.69) is 5.32 Å². The lowest BCUT2D eigenvalue weighted by molar-refractivity contribution is -0.384. The molecule has 3 aromatic carbocycles. The van der Waals surface area contributed by atoms with Crippen molar-refractivity contribution in [2.75, 3.05) is 0 Å². The number of nitrogens with one attached hydrogen (secondary N) is 1. The Morgan fingerprint density at radius 1 is 0.893 bits per heavy atom. The van der Waals surface area contributed by atoms with E-state index in [0.717, 1.165) is 17.2 Å². The van der Waals surface area contributed by atoms with Crippen LogP contribution in [-0.4, -0.2) is 4.92 Å². The lowest BCUT2D eigenvalue weighted by Crippen LogP contribution is -2.26. The standard InChI is InChI=1S/C22H20F2N2O2/c1-14-6-8-16(9-7-14)22(17-4-3-5-21(12-17)26(27)28)25-15(2)18-10-19(23)13-20(24)11-18/h3-13,15,22,25H,1-2H3/t15-,22?/m1/s1. The van der Waals surface area contributed by atoms with Gasteiger partial charge in [-0.05, 0) is 42.7 Å². The van der Waals surface area contributed by atoms with Crippen LogP contribution in [0.3, 0.4) is 0 Å². The van der Waals surface area contributed by atoms with Crippen molar-refractivity contribution in [1.82, 2.24) is 5.32 Å². The van der Waals surface area contributed by atoms with Gasteiger partial charge in [-0.3, -0.25) is 15.4 Å². The minimum Gasteiger partial charge on any atom is -0.300 e. The second kappa shape index (κ2) is 8.27. The van der Waals surface area contributed by atoms with E-state index >= 15 is 0 Å². The Morgan fingerprint density at radius 2 is 1.54 bits per heavy atom. The Labute approximate surface area is 162 Å². The zero-order valence-corrected chi connectivity index (χ0v) is 15.5. The molecule has 1 N–H and O–H groups in total. The topological polar surface area (TPSA) is 55.2 Å². The summed E-state index contributed by atoms with van der Waals surface area (Å²) in [7, 11) is 0. The molecule has 144 valence electrons. The molecule has 0 aliphatic rings. The summed E-state index contributed by atoms with van der Waals surface area (Å²) in [5.74, 6) is -1.29. The van der Waals surface area contributed by atoms with E-state index in [0.29, 0.717) is 11.1 Å². The van der Waals surface area contributed by atoms with Crippen LogP contribution in [0.25, 0.3) is 0 Å². The van der Waals surface area contributed by atoms with Crippen LogP contribution in [0.4, 0.5) is 14.5 Å². The monoisotopic (exact) mass is 382 g/mol. The quantitative estimate of drug-likeness (QED) is 0.445. The molecule has 0 aliphatic carbocycles. The summed E-state index contributed by atoms with van der Waals surface area (Å²) in [5.41, 5.74) is 3.12. The number of rotatable bonds is 6. The molecule has 0 saturated heterocycles. The highest BCUT2D eigenvalue weighted by Crippen LogP contribution is 2.29. The molecular weight excluding hydrogens is 362 g/mol. The maximum absolute atomic E-state index is 13.6. The van der Waals surface area contributed by atoms with Gasteiger partial charge in [-0.1, -0.05) is 42.0 Å². The molecule has 0 amide bonds. The number of aryl methyl sites for hydroxylation is 1. The summed E-state index contributed by atoms with van der Waals surface area (Å²) in [5, 5.41) is 14.5. The van der Waals surface area contributed by atoms with Gasteiger partial charge in [-0.15, -0.1) is 0 Å². The molecule has 0 spiro atoms. The van der Waals surface area contributed by atoms with E-state index in [-0.39, 0.29) is 11.7 Å². The van der Waals surface area contributed by atoms with Gasteiger partial charge in [0, 0.05) is 24.2 Å². The molecule has 1 unspecified atom stereocenters. The minimum absolute atomic E-state index is 0.0131. The number of non-ortho nitro benzene ring substituents is 1. The van der Waals surface area contributed by atoms with Crippen LogP contribution < -0.4 is 5.32 Å². The Kier molecular flexibility index (Phi) is 5.80. The van der Waals surface area contributed by atoms with Gasteiger partial charge in [0.25, 0.3) is 5.69 Å². The molecule has 0 aromatic heterocycles. The first-order chi connectivity index (χ1) is 13.3. The summed E-state index contributed by atoms with van der Waals surface area (Å²) in [4.78, 5) is 10.7. The van der Waals surface area contributed by atoms with Crippen molar-refractivity contribution in [3.05, 3.63) is 111 Å². The number of halogens is 2. The number of hydrogen-bond donors (Lipinski definition) is 1. The predicted octanol–water partition coefficient (Wildman–Crippen LogP) is 5.62. The molecule has 3 rings (SSSR count). The normalized spacial score (nSPS) is 13.1. The summed E-state index contributed by atoms with van der Waals surface area (Å²) >= 11 is 0. The highest BCUT2D eigenvalue weighted by molar-refractivity contribution is 5.41. The third-order valence-corrected chi connectivity index (χ3v) is 4.63. The molecule has 2 atom stereocenters. The predicted molar refractivity (Wildman–Crippen MR) is 104 cm³/mol. The smallest absolute Gasteiger partial charge is 0.269 e. The van der Waals surface area contributed by atoms with Gasteiger partial charge in [0.2, 0.25) is 0 Å². The lowest BCUT2D eigenvalue weighted by Gasteiger charge is -2.25. The van der Waals surface area contributed by atoms with E-state index in [1.54, 1.807) is 19.1 Å². The van der Waals surface area contributed by atoms with Crippen LogP contribution in [0, 0.1) is 28.7 Å². The fraction of sp³-hybridized carbons (Fsp3) is 0.182. The molecule has 3 aromatic rings. The van der Waals surface area contributed by atoms with Gasteiger partial charge in [-0.25, -0.2) is 8.78 Å². The van der Waals surface area contributed by atoms with Crippen molar-refractivity contribution in [2.45, 2.75) is 25.9 Å². The van der Waals surface area contributed by atoms with E-state index in [4.69, 9.17) is 0 Å². The molecule has 0 radical (unpaired) electrons. The number of nitro groups is 1. The minimum atomic E-state index is -0.647. The zero-order chi connectivity index (χ0) is 20.3. The van der Waals surface area contributed by atoms with E-state index in [1.807, 2.05) is 31.2 Å². The second-order valence-electron chi connectivity index (χ2n) is 6.79. The maximum atomic E-state index is 13.6. The first-order valence-corrected chi connectivity index (χ1v) is 8.86. The Bertz CT molecular complexity index is 970. The first kappa shape index (κ1) is 19.6. The summed E-state index contributed by atoms with van der Waals surface area (Å²) in [6, 6.07) is 16.7. The van der Waals surface area contributed by atoms with Crippen LogP contribution in [-0.2, 0) is 0 Å². The van der Waals surface area contributed by atoms with Gasteiger partial charge < -0.3 is 0 Å². The summed E-state index contributed by atoms with van der Waals surface area (Å²) < 4.78 is 27.2. The van der Waals surface area contributed by atoms with Crippen LogP contribution in [0.2, 0.25) is 0 Å². The third kappa shape index (κ3) is 4.58. The third-order valence-electron chi connectivity index (χ3n) is 4.63. The second-order valence-corrected chi connectivity index (χ2v) is 6.79. The van der Waals surface area contributed by atoms with Crippen LogP contribution in [0.15, 0.2) is 66.7 Å². The van der Waals surface area contributed by atoms with Gasteiger partial charge in [0.05, 0.1) is 11.0 Å². The Balaban J connectivity index is 2.00. The van der Waals surface area contributed by atoms with Crippen LogP contribution in [0.5, 0.6) is 0 Å². The molecule has 0 saturated carbocycles. The van der Waals surface area contributed by atoms with Crippen molar-refractivity contribution >= 4 is 5.69 Å². The van der Waals surface area contributed by atoms with Crippen molar-refractivity contribution in [2.24, 2.45) is 0 Å². The largest absolute Gasteiger partial charge is 0.300 e. The van der Waals surface area contributed by atoms with E-state index in [1.165, 1.54) is 24.3 Å². The van der Waals surface area contributed by atoms with Crippen LogP contribution >= 0.6 is 0 Å². The van der Waals surface area contributed by atoms with Gasteiger partial charge in [0.15, 0.2) is 0 Å². The number of benzene rings is 3. The number of nitro benzene ring substituents is 1. The van der Waals surface area contributed by atoms with Crippen molar-refractivity contribution in [3.8, 4) is 0 Å². The van der Waals surface area contributed by atoms with Gasteiger partial charge in [-0.2, -0.15) is 0 Å². The number of nitrogens with zero attached hydrogens (tertiary/aromatic N) is 1. The van der Waals surface area contributed by atoms with Gasteiger partial charge in [0.1, 0.15) is 11.6 Å². The van der Waals surface area contributed by atoms with Crippen molar-refractivity contribution in [3.63, 3.8) is 0 Å². The molecular formula is C22H20F2N2O2. The van der Waals surface area contributed by atoms with Crippen LogP contribution in [0.1, 0.15) is 41.3 Å². The lowest BCUT2D eigenvalue weighted by atomic mass is 9.95. The average molecular weight is 382 g/mol. The summed E-state index contributed by atoms with van der Waals surface area (Å²) in [6.45, 7) is 3.77. The fourth-order valence-corrected chi connectivity index (χ4v) is 3.13. The van der Waals surface area contributed by atoms with E-state index in [9.17, 15) is 18.9 Å². The zero-order valence-electron chi connectivity index (χ0n) is 15.5. The molecule has 4 nitrogen and oxygen atoms in total. The SMILES string of the molecule is Cc1ccc(C(N[C@H](C)c2cc(F)cc(F)c2)c2cccc([N+](=O)[O-])c2)cc1. The molecule has 28 heavy (non-hydrogen) atoms. The Hall–Kier alpha value is -3.12. The fourth-order valence-electron chi connectivity index (χ4n) is 3.13. The molecule has 0 fully saturated rings. The van der Waals surface area contributed by atoms with Crippen molar-refractivity contribution < 1.29 is 13.7 Å². The first-order valence-electron chi connectivity index (χ1n) is 8.86. The number of hydrogen-bond acceptors (Lipinski definition) is 3. The maximum Gasteiger partial charge on any atom is 0.269 e. The van der Waals surface area contributed by atoms with Crippen molar-refractivity contribution in [1.29, 1.82) is 0 Å². The molecule has 0 heterocycles. The van der Waals surface area contributed by atoms with E-state index < -0.39 is 22.6 Å². The molecule has 6 heteroatoms. The highest BCUT2D eigenvalue weighted by Gasteiger charge is 2.20. The molecule has 0 bridgehead atoms. The highest BCUT2D eigenvalue weighted by atomic mass is 19.1. The molecule has 0 aliphatic heterocycles. The summed E-state index contributed by atoms with van der Waals surface area (Å²) in [6.07, 6.45) is 0.